The number of ether oxygens (including phenoxy) is 2. The van der Waals surface area contributed by atoms with Crippen LogP contribution in [0.2, 0.25) is 0 Å². The van der Waals surface area contributed by atoms with E-state index in [0.717, 1.165) is 10.8 Å². The Morgan fingerprint density at radius 1 is 0.969 bits per heavy atom. The minimum atomic E-state index is -0.858. The lowest BCUT2D eigenvalue weighted by molar-refractivity contribution is -0.131. The second-order valence-electron chi connectivity index (χ2n) is 7.82. The number of aliphatic hydroxyl groups is 2. The highest BCUT2D eigenvalue weighted by atomic mass is 16.5. The molecule has 32 heavy (non-hydrogen) atoms. The molecule has 0 spiro atoms. The van der Waals surface area contributed by atoms with Crippen LogP contribution in [-0.4, -0.2) is 41.0 Å². The Bertz CT molecular complexity index is 1180. The minimum Gasteiger partial charge on any atom is -0.493 e. The van der Waals surface area contributed by atoms with Gasteiger partial charge in [-0.1, -0.05) is 0 Å². The summed E-state index contributed by atoms with van der Waals surface area (Å²) in [6.07, 6.45) is 2.88. The Balaban J connectivity index is 1.99. The van der Waals surface area contributed by atoms with E-state index in [0.29, 0.717) is 58.7 Å². The summed E-state index contributed by atoms with van der Waals surface area (Å²) in [4.78, 5) is 29.3. The quantitative estimate of drug-likeness (QED) is 0.572. The molecule has 0 bridgehead atoms. The summed E-state index contributed by atoms with van der Waals surface area (Å²) < 4.78 is 10.9. The average Bonchev–Trinajstić information content (AvgIpc) is 2.81. The van der Waals surface area contributed by atoms with E-state index < -0.39 is 5.92 Å². The van der Waals surface area contributed by atoms with E-state index in [1.165, 1.54) is 0 Å². The van der Waals surface area contributed by atoms with E-state index in [4.69, 9.17) is 9.47 Å². The lowest BCUT2D eigenvalue weighted by atomic mass is 9.83. The third kappa shape index (κ3) is 3.74. The number of nitrogens with zero attached hydrogens (tertiary/aromatic N) is 1. The molecule has 0 saturated heterocycles. The third-order valence-electron chi connectivity index (χ3n) is 6.03. The van der Waals surface area contributed by atoms with Gasteiger partial charge in [-0.3, -0.25) is 14.6 Å². The monoisotopic (exact) mass is 435 g/mol. The third-order valence-corrected chi connectivity index (χ3v) is 6.03. The second kappa shape index (κ2) is 9.06. The summed E-state index contributed by atoms with van der Waals surface area (Å²) in [6.45, 7) is -0.556. The number of aliphatic hydroxyl groups excluding tert-OH is 2. The zero-order chi connectivity index (χ0) is 22.8. The Morgan fingerprint density at radius 3 is 2.28 bits per heavy atom. The number of fused-ring (bicyclic) bond motifs is 1. The summed E-state index contributed by atoms with van der Waals surface area (Å²) in [7, 11) is 3.09. The van der Waals surface area contributed by atoms with E-state index in [1.807, 2.05) is 18.2 Å². The van der Waals surface area contributed by atoms with Gasteiger partial charge < -0.3 is 19.7 Å². The molecule has 1 fully saturated rings. The van der Waals surface area contributed by atoms with Crippen LogP contribution in [0.25, 0.3) is 21.9 Å². The van der Waals surface area contributed by atoms with Crippen LogP contribution in [0.5, 0.6) is 11.5 Å². The molecule has 1 saturated carbocycles. The van der Waals surface area contributed by atoms with Gasteiger partial charge in [0, 0.05) is 19.0 Å². The van der Waals surface area contributed by atoms with Gasteiger partial charge in [0.2, 0.25) is 0 Å². The van der Waals surface area contributed by atoms with Crippen LogP contribution in [0, 0.1) is 0 Å². The zero-order valence-electron chi connectivity index (χ0n) is 18.1. The first kappa shape index (κ1) is 21.9. The van der Waals surface area contributed by atoms with Crippen molar-refractivity contribution in [1.82, 2.24) is 4.98 Å². The van der Waals surface area contributed by atoms with Crippen molar-refractivity contribution in [2.45, 2.75) is 38.4 Å². The summed E-state index contributed by atoms with van der Waals surface area (Å²) in [6, 6.07) is 8.95. The van der Waals surface area contributed by atoms with Crippen molar-refractivity contribution in [2.75, 3.05) is 14.2 Å². The number of pyridine rings is 1. The van der Waals surface area contributed by atoms with Crippen molar-refractivity contribution >= 4 is 22.3 Å². The number of hydrogen-bond donors (Lipinski definition) is 2. The predicted octanol–water partition coefficient (Wildman–Crippen LogP) is 3.31. The normalized spacial score (nSPS) is 14.8. The molecule has 1 aliphatic carbocycles. The van der Waals surface area contributed by atoms with Crippen molar-refractivity contribution < 1.29 is 29.3 Å². The van der Waals surface area contributed by atoms with E-state index in [9.17, 15) is 19.8 Å². The molecule has 2 aromatic carbocycles. The van der Waals surface area contributed by atoms with Crippen LogP contribution in [0.3, 0.4) is 0 Å². The molecule has 1 aliphatic rings. The molecule has 7 nitrogen and oxygen atoms in total. The number of rotatable bonds is 6. The summed E-state index contributed by atoms with van der Waals surface area (Å²) >= 11 is 0. The summed E-state index contributed by atoms with van der Waals surface area (Å²) in [5.41, 5.74) is 2.92. The number of aromatic nitrogens is 1. The van der Waals surface area contributed by atoms with Crippen LogP contribution >= 0.6 is 0 Å². The van der Waals surface area contributed by atoms with Crippen molar-refractivity contribution in [3.8, 4) is 22.6 Å². The molecule has 1 aromatic heterocycles. The number of methoxy groups -OCH3 is 2. The van der Waals surface area contributed by atoms with Gasteiger partial charge in [0.1, 0.15) is 17.5 Å². The van der Waals surface area contributed by atoms with Gasteiger partial charge in [-0.2, -0.15) is 0 Å². The van der Waals surface area contributed by atoms with Gasteiger partial charge in [-0.05, 0) is 69.8 Å². The van der Waals surface area contributed by atoms with Gasteiger partial charge in [-0.15, -0.1) is 0 Å². The lowest BCUT2D eigenvalue weighted by Gasteiger charge is -2.21. The minimum absolute atomic E-state index is 0.117. The van der Waals surface area contributed by atoms with Gasteiger partial charge in [0.15, 0.2) is 11.5 Å². The largest absolute Gasteiger partial charge is 0.493 e. The van der Waals surface area contributed by atoms with Gasteiger partial charge >= 0.3 is 0 Å². The maximum Gasteiger partial charge on any atom is 0.161 e. The van der Waals surface area contributed by atoms with E-state index >= 15 is 0 Å². The zero-order valence-corrected chi connectivity index (χ0v) is 18.1. The number of ketones is 2. The Hall–Kier alpha value is -3.29. The Morgan fingerprint density at radius 2 is 1.66 bits per heavy atom. The molecule has 166 valence electrons. The Kier molecular flexibility index (Phi) is 6.21. The van der Waals surface area contributed by atoms with Gasteiger partial charge in [0.25, 0.3) is 0 Å². The fourth-order valence-electron chi connectivity index (χ4n) is 4.48. The molecule has 0 aliphatic heterocycles. The highest BCUT2D eigenvalue weighted by Crippen LogP contribution is 2.41. The lowest BCUT2D eigenvalue weighted by Crippen LogP contribution is -2.27. The number of carbonyl (C=O) groups excluding carboxylic acids is 2. The van der Waals surface area contributed by atoms with Crippen molar-refractivity contribution in [3.63, 3.8) is 0 Å². The molecule has 1 heterocycles. The van der Waals surface area contributed by atoms with E-state index in [-0.39, 0.29) is 24.8 Å². The summed E-state index contributed by atoms with van der Waals surface area (Å²) in [5.74, 6) is -0.0280. The van der Waals surface area contributed by atoms with Crippen molar-refractivity contribution in [2.24, 2.45) is 0 Å². The number of Topliss-reactive ketones (excluding diaryl/α,β-unsaturated/α-hetero) is 2. The first-order valence-corrected chi connectivity index (χ1v) is 10.5. The first-order valence-electron chi connectivity index (χ1n) is 10.5. The van der Waals surface area contributed by atoms with Crippen LogP contribution < -0.4 is 9.47 Å². The van der Waals surface area contributed by atoms with Gasteiger partial charge in [0.05, 0.1) is 33.1 Å². The summed E-state index contributed by atoms with van der Waals surface area (Å²) in [5, 5.41) is 21.7. The highest BCUT2D eigenvalue weighted by Gasteiger charge is 2.32. The van der Waals surface area contributed by atoms with Crippen LogP contribution in [0.15, 0.2) is 36.5 Å². The standard InChI is InChI=1S/C25H25NO6/c1-31-22-10-15-8-16(12-27)18(13-28)24(17(15)11-23(22)32-2)14-6-7-26-19(9-14)25-20(29)4-3-5-21(25)30/h6-11,25,27-28H,3-5,12-13H2,1-2H3. The smallest absolute Gasteiger partial charge is 0.161 e. The van der Waals surface area contributed by atoms with Gasteiger partial charge in [-0.25, -0.2) is 0 Å². The van der Waals surface area contributed by atoms with E-state index in [2.05, 4.69) is 4.98 Å². The van der Waals surface area contributed by atoms with Crippen LogP contribution in [0.4, 0.5) is 0 Å². The molecule has 4 rings (SSSR count). The fraction of sp³-hybridized carbons (Fsp3) is 0.320. The molecule has 0 radical (unpaired) electrons. The number of benzene rings is 2. The molecule has 0 amide bonds. The number of hydrogen-bond acceptors (Lipinski definition) is 7. The molecule has 3 aromatic rings. The first-order chi connectivity index (χ1) is 15.5. The fourth-order valence-corrected chi connectivity index (χ4v) is 4.48. The van der Waals surface area contributed by atoms with Crippen LogP contribution in [0.1, 0.15) is 42.0 Å². The molecule has 7 heteroatoms. The SMILES string of the molecule is COc1cc2cc(CO)c(CO)c(-c3ccnc(C4C(=O)CCCC4=O)c3)c2cc1OC. The van der Waals surface area contributed by atoms with Crippen molar-refractivity contribution in [3.05, 3.63) is 53.3 Å². The molecule has 0 atom stereocenters. The average molecular weight is 435 g/mol. The maximum absolute atomic E-state index is 12.5. The maximum atomic E-state index is 12.5. The predicted molar refractivity (Wildman–Crippen MR) is 119 cm³/mol. The second-order valence-corrected chi connectivity index (χ2v) is 7.82. The number of carbonyl (C=O) groups is 2. The molecular formula is C25H25NO6. The highest BCUT2D eigenvalue weighted by molar-refractivity contribution is 6.09. The molecule has 0 unspecified atom stereocenters. The Labute approximate surface area is 185 Å². The van der Waals surface area contributed by atoms with Crippen LogP contribution in [-0.2, 0) is 22.8 Å². The molecule has 2 N–H and O–H groups in total. The topological polar surface area (TPSA) is 106 Å². The molecular weight excluding hydrogens is 410 g/mol. The van der Waals surface area contributed by atoms with E-state index in [1.54, 1.807) is 32.5 Å². The van der Waals surface area contributed by atoms with Crippen molar-refractivity contribution in [1.29, 1.82) is 0 Å².